The fraction of sp³-hybridized carbons (Fsp3) is 0.667. The summed E-state index contributed by atoms with van der Waals surface area (Å²) >= 11 is 0. The molecule has 0 saturated heterocycles. The van der Waals surface area contributed by atoms with Crippen LogP contribution in [-0.4, -0.2) is 35.4 Å². The summed E-state index contributed by atoms with van der Waals surface area (Å²) in [5, 5.41) is 10.1. The minimum Gasteiger partial charge on any atom is -0.371 e. The molecule has 0 bridgehead atoms. The van der Waals surface area contributed by atoms with Crippen molar-refractivity contribution < 1.29 is 9.84 Å². The van der Waals surface area contributed by atoms with Gasteiger partial charge in [-0.05, 0) is 25.3 Å². The first-order valence-corrected chi connectivity index (χ1v) is 4.50. The van der Waals surface area contributed by atoms with E-state index in [9.17, 15) is 5.11 Å². The second kappa shape index (κ2) is 3.12. The van der Waals surface area contributed by atoms with Gasteiger partial charge in [-0.15, -0.1) is 0 Å². The highest BCUT2D eigenvalue weighted by molar-refractivity contribution is 5.71. The second-order valence-electron chi connectivity index (χ2n) is 3.44. The third-order valence-corrected chi connectivity index (χ3v) is 2.63. The summed E-state index contributed by atoms with van der Waals surface area (Å²) < 4.78 is 5.14. The maximum absolute atomic E-state index is 10.1. The molecule has 72 valence electrons. The Morgan fingerprint density at radius 1 is 1.62 bits per heavy atom. The van der Waals surface area contributed by atoms with Gasteiger partial charge in [-0.1, -0.05) is 0 Å². The zero-order chi connectivity index (χ0) is 9.31. The number of hydrogen-bond acceptors (Lipinski definition) is 4. The van der Waals surface area contributed by atoms with Crippen LogP contribution in [0.3, 0.4) is 0 Å². The van der Waals surface area contributed by atoms with Crippen molar-refractivity contribution in [2.45, 2.75) is 31.3 Å². The van der Waals surface area contributed by atoms with Crippen molar-refractivity contribution in [1.82, 2.24) is 4.90 Å². The van der Waals surface area contributed by atoms with Gasteiger partial charge >= 0.3 is 0 Å². The van der Waals surface area contributed by atoms with Crippen LogP contribution in [0.1, 0.15) is 19.3 Å². The number of hydrogen-bond donors (Lipinski definition) is 1. The molecule has 4 nitrogen and oxygen atoms in total. The van der Waals surface area contributed by atoms with Crippen LogP contribution < -0.4 is 0 Å². The second-order valence-corrected chi connectivity index (χ2v) is 3.44. The molecule has 1 N–H and O–H groups in total. The quantitative estimate of drug-likeness (QED) is 0.683. The van der Waals surface area contributed by atoms with Crippen LogP contribution in [0.25, 0.3) is 0 Å². The van der Waals surface area contributed by atoms with Crippen molar-refractivity contribution in [3.05, 3.63) is 12.3 Å². The van der Waals surface area contributed by atoms with Gasteiger partial charge in [0.05, 0.1) is 0 Å². The van der Waals surface area contributed by atoms with E-state index in [1.54, 1.807) is 18.2 Å². The van der Waals surface area contributed by atoms with Crippen molar-refractivity contribution in [2.24, 2.45) is 4.99 Å². The Morgan fingerprint density at radius 3 is 2.92 bits per heavy atom. The summed E-state index contributed by atoms with van der Waals surface area (Å²) in [6.07, 6.45) is 7.63. The Hall–Kier alpha value is -0.870. The minimum absolute atomic E-state index is 0.365. The number of nitrogens with zero attached hydrogens (tertiary/aromatic N) is 2. The molecule has 1 aliphatic carbocycles. The lowest BCUT2D eigenvalue weighted by Gasteiger charge is -2.47. The highest BCUT2D eigenvalue weighted by atomic mass is 16.5. The molecule has 0 amide bonds. The lowest BCUT2D eigenvalue weighted by molar-refractivity contribution is -0.197. The van der Waals surface area contributed by atoms with E-state index in [0.717, 1.165) is 19.3 Å². The molecule has 1 heterocycles. The largest absolute Gasteiger partial charge is 0.371 e. The van der Waals surface area contributed by atoms with E-state index < -0.39 is 5.72 Å². The number of methoxy groups -OCH3 is 1. The van der Waals surface area contributed by atoms with Crippen molar-refractivity contribution in [3.63, 3.8) is 0 Å². The van der Waals surface area contributed by atoms with Gasteiger partial charge in [-0.3, -0.25) is 0 Å². The Labute approximate surface area is 77.5 Å². The van der Waals surface area contributed by atoms with Crippen LogP contribution >= 0.6 is 0 Å². The summed E-state index contributed by atoms with van der Waals surface area (Å²) in [6, 6.07) is 0. The van der Waals surface area contributed by atoms with Gasteiger partial charge in [-0.2, -0.15) is 0 Å². The van der Waals surface area contributed by atoms with Crippen molar-refractivity contribution >= 4 is 6.21 Å². The first-order valence-electron chi connectivity index (χ1n) is 4.50. The molecule has 0 radical (unpaired) electrons. The van der Waals surface area contributed by atoms with Crippen LogP contribution in [0.5, 0.6) is 0 Å². The van der Waals surface area contributed by atoms with Gasteiger partial charge < -0.3 is 14.7 Å². The molecule has 1 aliphatic heterocycles. The van der Waals surface area contributed by atoms with Gasteiger partial charge in [0.2, 0.25) is 6.35 Å². The van der Waals surface area contributed by atoms with Crippen LogP contribution in [0.2, 0.25) is 0 Å². The smallest absolute Gasteiger partial charge is 0.229 e. The fourth-order valence-corrected chi connectivity index (χ4v) is 1.67. The van der Waals surface area contributed by atoms with Crippen molar-refractivity contribution in [3.8, 4) is 0 Å². The highest BCUT2D eigenvalue weighted by Crippen LogP contribution is 2.37. The standard InChI is InChI=1S/C9H14N2O2/c1-13-8-10-6-3-7-11(8)9(12)4-2-5-9/h3,6-8,12H,2,4-5H2,1H3. The fourth-order valence-electron chi connectivity index (χ4n) is 1.67. The maximum atomic E-state index is 10.1. The van der Waals surface area contributed by atoms with Crippen LogP contribution in [0.4, 0.5) is 0 Å². The van der Waals surface area contributed by atoms with E-state index in [1.165, 1.54) is 0 Å². The average Bonchev–Trinajstić information content (AvgIpc) is 2.14. The molecule has 1 atom stereocenters. The molecule has 0 aromatic heterocycles. The monoisotopic (exact) mass is 182 g/mol. The minimum atomic E-state index is -0.727. The molecular weight excluding hydrogens is 168 g/mol. The Kier molecular flexibility index (Phi) is 2.09. The third-order valence-electron chi connectivity index (χ3n) is 2.63. The van der Waals surface area contributed by atoms with Gasteiger partial charge in [-0.25, -0.2) is 4.99 Å². The SMILES string of the molecule is COC1N=CC=CN1C1(O)CCC1. The van der Waals surface area contributed by atoms with E-state index in [1.807, 2.05) is 12.3 Å². The van der Waals surface area contributed by atoms with Crippen molar-refractivity contribution in [1.29, 1.82) is 0 Å². The molecule has 0 aromatic rings. The van der Waals surface area contributed by atoms with Gasteiger partial charge in [0.15, 0.2) is 0 Å². The summed E-state index contributed by atoms with van der Waals surface area (Å²) in [7, 11) is 1.59. The maximum Gasteiger partial charge on any atom is 0.229 e. The molecular formula is C9H14N2O2. The van der Waals surface area contributed by atoms with E-state index in [4.69, 9.17) is 4.74 Å². The van der Waals surface area contributed by atoms with E-state index >= 15 is 0 Å². The van der Waals surface area contributed by atoms with Crippen molar-refractivity contribution in [2.75, 3.05) is 7.11 Å². The zero-order valence-corrected chi connectivity index (χ0v) is 7.68. The first kappa shape index (κ1) is 8.72. The summed E-state index contributed by atoms with van der Waals surface area (Å²) in [6.45, 7) is 0. The summed E-state index contributed by atoms with van der Waals surface area (Å²) in [5.41, 5.74) is -0.727. The molecule has 4 heteroatoms. The average molecular weight is 182 g/mol. The summed E-state index contributed by atoms with van der Waals surface area (Å²) in [4.78, 5) is 5.88. The predicted molar refractivity (Wildman–Crippen MR) is 49.1 cm³/mol. The lowest BCUT2D eigenvalue weighted by Crippen LogP contribution is -2.55. The third kappa shape index (κ3) is 1.36. The highest BCUT2D eigenvalue weighted by Gasteiger charge is 2.42. The molecule has 1 unspecified atom stereocenters. The van der Waals surface area contributed by atoms with Crippen LogP contribution in [0.15, 0.2) is 17.3 Å². The van der Waals surface area contributed by atoms with Crippen LogP contribution in [0, 0.1) is 0 Å². The Balaban J connectivity index is 2.12. The van der Waals surface area contributed by atoms with E-state index in [2.05, 4.69) is 4.99 Å². The summed E-state index contributed by atoms with van der Waals surface area (Å²) in [5.74, 6) is 0. The number of allylic oxidation sites excluding steroid dienone is 1. The number of rotatable bonds is 2. The van der Waals surface area contributed by atoms with E-state index in [-0.39, 0.29) is 6.35 Å². The molecule has 0 spiro atoms. The number of aliphatic imine (C=N–C) groups is 1. The number of ether oxygens (including phenoxy) is 1. The lowest BCUT2D eigenvalue weighted by atomic mass is 9.87. The molecule has 2 aliphatic rings. The molecule has 13 heavy (non-hydrogen) atoms. The molecule has 0 aromatic carbocycles. The van der Waals surface area contributed by atoms with E-state index in [0.29, 0.717) is 0 Å². The number of aliphatic hydroxyl groups is 1. The van der Waals surface area contributed by atoms with Gasteiger partial charge in [0.25, 0.3) is 0 Å². The molecule has 1 saturated carbocycles. The Morgan fingerprint density at radius 2 is 2.38 bits per heavy atom. The van der Waals surface area contributed by atoms with Gasteiger partial charge in [0, 0.05) is 19.5 Å². The predicted octanol–water partition coefficient (Wildman–Crippen LogP) is 0.689. The first-order chi connectivity index (χ1) is 6.26. The Bertz CT molecular complexity index is 246. The zero-order valence-electron chi connectivity index (χ0n) is 7.68. The molecule has 1 fully saturated rings. The normalized spacial score (nSPS) is 30.3. The topological polar surface area (TPSA) is 45.1 Å². The molecule has 2 rings (SSSR count). The van der Waals surface area contributed by atoms with Crippen LogP contribution in [-0.2, 0) is 4.74 Å². The van der Waals surface area contributed by atoms with Gasteiger partial charge in [0.1, 0.15) is 5.72 Å².